The smallest absolute Gasteiger partial charge is 0.270 e. The lowest BCUT2D eigenvalue weighted by Gasteiger charge is -2.32. The van der Waals surface area contributed by atoms with Gasteiger partial charge in [0.05, 0.1) is 0 Å². The zero-order valence-electron chi connectivity index (χ0n) is 26.9. The molecule has 0 fully saturated rings. The number of nitrogens with one attached hydrogen (secondary N) is 3. The van der Waals surface area contributed by atoms with Crippen LogP contribution in [0.25, 0.3) is 11.6 Å². The van der Waals surface area contributed by atoms with Crippen molar-refractivity contribution in [3.8, 4) is 17.3 Å². The van der Waals surface area contributed by atoms with Crippen LogP contribution in [0.1, 0.15) is 79.5 Å². The highest BCUT2D eigenvalue weighted by Crippen LogP contribution is 2.59. The number of ether oxygens (including phenoxy) is 1. The van der Waals surface area contributed by atoms with E-state index in [1.54, 1.807) is 32.0 Å². The van der Waals surface area contributed by atoms with Crippen molar-refractivity contribution in [3.05, 3.63) is 82.5 Å². The van der Waals surface area contributed by atoms with Gasteiger partial charge in [0.15, 0.2) is 23.4 Å². The molecule has 3 amide bonds. The number of carbonyl (C=O) groups excluding carboxylic acids is 3. The average Bonchev–Trinajstić information content (AvgIpc) is 3.79. The number of aliphatic hydroxyl groups excluding tert-OH is 1. The van der Waals surface area contributed by atoms with Crippen molar-refractivity contribution in [2.45, 2.75) is 70.9 Å². The number of carbonyl (C=O) groups is 3. The molecule has 3 aliphatic rings. The molecule has 0 radical (unpaired) electrons. The first-order chi connectivity index (χ1) is 22.7. The molecule has 6 N–H and O–H groups in total. The minimum atomic E-state index is -1.36. The summed E-state index contributed by atoms with van der Waals surface area (Å²) in [7, 11) is 0. The first-order valence-corrected chi connectivity index (χ1v) is 15.6. The number of halogens is 1. The molecule has 2 aromatic heterocycles. The van der Waals surface area contributed by atoms with E-state index in [0.717, 1.165) is 6.26 Å². The van der Waals surface area contributed by atoms with Crippen LogP contribution in [0.15, 0.2) is 51.5 Å². The number of amides is 3. The minimum absolute atomic E-state index is 0.0532. The Labute approximate surface area is 274 Å². The summed E-state index contributed by atoms with van der Waals surface area (Å²) in [6.07, 6.45) is -1.02. The van der Waals surface area contributed by atoms with Crippen LogP contribution in [-0.4, -0.2) is 51.2 Å². The number of hydrogen-bond acceptors (Lipinski definition) is 10. The Morgan fingerprint density at radius 3 is 2.58 bits per heavy atom. The highest BCUT2D eigenvalue weighted by Gasteiger charge is 2.61. The molecule has 3 aliphatic heterocycles. The van der Waals surface area contributed by atoms with Gasteiger partial charge in [-0.05, 0) is 41.2 Å². The highest BCUT2D eigenvalue weighted by molar-refractivity contribution is 5.91. The topological polar surface area (TPSA) is 195 Å². The van der Waals surface area contributed by atoms with E-state index in [9.17, 15) is 19.5 Å². The maximum atomic E-state index is 15.1. The molecule has 14 heteroatoms. The number of fused-ring (bicyclic) bond motifs is 4. The van der Waals surface area contributed by atoms with Gasteiger partial charge in [0.1, 0.15) is 41.4 Å². The van der Waals surface area contributed by atoms with Gasteiger partial charge in [0.25, 0.3) is 5.91 Å². The second kappa shape index (κ2) is 10.9. The Bertz CT molecular complexity index is 1980. The maximum Gasteiger partial charge on any atom is 0.270 e. The lowest BCUT2D eigenvalue weighted by Crippen LogP contribution is -2.53. The predicted octanol–water partition coefficient (Wildman–Crippen LogP) is 3.31. The Morgan fingerprint density at radius 1 is 1.12 bits per heavy atom. The highest BCUT2D eigenvalue weighted by atomic mass is 19.1. The quantitative estimate of drug-likeness (QED) is 0.212. The number of aromatic nitrogens is 2. The number of nitrogens with zero attached hydrogens (tertiary/aromatic N) is 2. The summed E-state index contributed by atoms with van der Waals surface area (Å²) < 4.78 is 34.0. The number of hydrogen-bond donors (Lipinski definition) is 5. The molecular formula is C34H35FN6O7. The van der Waals surface area contributed by atoms with Gasteiger partial charge in [-0.3, -0.25) is 14.4 Å². The lowest BCUT2D eigenvalue weighted by atomic mass is 9.72. The third kappa shape index (κ3) is 4.81. The number of anilines is 1. The average molecular weight is 659 g/mol. The summed E-state index contributed by atoms with van der Waals surface area (Å²) >= 11 is 0. The molecule has 0 saturated carbocycles. The molecule has 4 bridgehead atoms. The molecule has 7 rings (SSSR count). The van der Waals surface area contributed by atoms with Gasteiger partial charge in [-0.1, -0.05) is 46.8 Å². The normalized spacial score (nSPS) is 23.2. The van der Waals surface area contributed by atoms with Crippen molar-refractivity contribution in [1.29, 1.82) is 0 Å². The Kier molecular flexibility index (Phi) is 7.13. The number of aliphatic hydroxyl groups is 1. The number of primary amides is 1. The first-order valence-electron chi connectivity index (χ1n) is 15.6. The molecule has 1 unspecified atom stereocenters. The zero-order chi connectivity index (χ0) is 34.3. The molecule has 0 saturated heterocycles. The molecule has 13 nitrogen and oxygen atoms in total. The van der Waals surface area contributed by atoms with Crippen LogP contribution in [-0.2, 0) is 21.4 Å². The number of benzene rings is 2. The molecular weight excluding hydrogens is 623 g/mol. The largest absolute Gasteiger partial charge is 0.469 e. The fraction of sp³-hybridized carbons (Fsp3) is 0.382. The lowest BCUT2D eigenvalue weighted by molar-refractivity contribution is -0.136. The van der Waals surface area contributed by atoms with E-state index in [1.165, 1.54) is 12.1 Å². The SMILES string of the molecule is CC(C)[C@H](O)C(=O)NC1Cc2ccc3c(c2)[C@@]2(c4cc(F)ccc4N[C@@H]2O3)c2oc(nc2-c2nc(C(N)=O)co2)[C@H](C(C)(C)C)NC1=O. The van der Waals surface area contributed by atoms with Crippen LogP contribution in [0.2, 0.25) is 0 Å². The van der Waals surface area contributed by atoms with Gasteiger partial charge >= 0.3 is 0 Å². The minimum Gasteiger partial charge on any atom is -0.469 e. The third-order valence-electron chi connectivity index (χ3n) is 9.13. The maximum absolute atomic E-state index is 15.1. The van der Waals surface area contributed by atoms with Crippen LogP contribution in [0.5, 0.6) is 5.75 Å². The zero-order valence-corrected chi connectivity index (χ0v) is 26.9. The van der Waals surface area contributed by atoms with Crippen LogP contribution in [0.4, 0.5) is 10.1 Å². The standard InChI is InChI=1S/C34H35FN6O7/c1-14(2)24(42)29(45)37-20-11-15-6-9-22-18(10-15)34(17-12-16(35)7-8-19(17)39-32(34)47-22)26-23(30-38-21(13-46-30)27(36)43)40-31(48-26)25(33(3,4)5)41-28(20)44/h6-10,12-14,20,24-25,32,39,42H,11H2,1-5H3,(H2,36,43)(H,37,45)(H,41,44)/t20?,24-,25+,32+,34-/m0/s1. The van der Waals surface area contributed by atoms with E-state index < -0.39 is 58.8 Å². The summed E-state index contributed by atoms with van der Waals surface area (Å²) in [5, 5.41) is 19.6. The summed E-state index contributed by atoms with van der Waals surface area (Å²) in [5.74, 6) is -2.30. The van der Waals surface area contributed by atoms with E-state index in [1.807, 2.05) is 26.8 Å². The molecule has 5 atom stereocenters. The molecule has 1 spiro atoms. The second-order valence-electron chi connectivity index (χ2n) is 13.9. The second-order valence-corrected chi connectivity index (χ2v) is 13.9. The predicted molar refractivity (Wildman–Crippen MR) is 168 cm³/mol. The molecule has 0 aliphatic carbocycles. The summed E-state index contributed by atoms with van der Waals surface area (Å²) in [5.41, 5.74) is 5.68. The first kappa shape index (κ1) is 31.4. The van der Waals surface area contributed by atoms with Crippen molar-refractivity contribution in [3.63, 3.8) is 0 Å². The van der Waals surface area contributed by atoms with E-state index >= 15 is 4.39 Å². The van der Waals surface area contributed by atoms with Gasteiger partial charge in [-0.25, -0.2) is 14.4 Å². The number of oxazole rings is 2. The number of nitrogens with two attached hydrogens (primary N) is 1. The summed E-state index contributed by atoms with van der Waals surface area (Å²) in [4.78, 5) is 48.3. The fourth-order valence-corrected chi connectivity index (χ4v) is 6.63. The Hall–Kier alpha value is -5.24. The van der Waals surface area contributed by atoms with Crippen molar-refractivity contribution in [2.24, 2.45) is 17.1 Å². The van der Waals surface area contributed by atoms with Crippen LogP contribution in [0, 0.1) is 17.2 Å². The van der Waals surface area contributed by atoms with Crippen LogP contribution >= 0.6 is 0 Å². The van der Waals surface area contributed by atoms with Crippen molar-refractivity contribution in [1.82, 2.24) is 20.6 Å². The number of rotatable bonds is 5. The molecule has 250 valence electrons. The van der Waals surface area contributed by atoms with E-state index in [4.69, 9.17) is 24.3 Å². The Morgan fingerprint density at radius 2 is 1.90 bits per heavy atom. The molecule has 2 aromatic carbocycles. The molecule has 5 heterocycles. The van der Waals surface area contributed by atoms with Gasteiger partial charge in [0.2, 0.25) is 23.6 Å². The monoisotopic (exact) mass is 658 g/mol. The van der Waals surface area contributed by atoms with Gasteiger partial charge in [-0.2, -0.15) is 0 Å². The van der Waals surface area contributed by atoms with Crippen LogP contribution in [0.3, 0.4) is 0 Å². The van der Waals surface area contributed by atoms with Crippen molar-refractivity contribution in [2.75, 3.05) is 5.32 Å². The third-order valence-corrected chi connectivity index (χ3v) is 9.13. The van der Waals surface area contributed by atoms with Gasteiger partial charge in [0, 0.05) is 23.2 Å². The Balaban J connectivity index is 1.51. The van der Waals surface area contributed by atoms with Crippen LogP contribution < -0.4 is 26.4 Å². The summed E-state index contributed by atoms with van der Waals surface area (Å²) in [6, 6.07) is 7.69. The van der Waals surface area contributed by atoms with Gasteiger partial charge in [-0.15, -0.1) is 0 Å². The molecule has 48 heavy (non-hydrogen) atoms. The van der Waals surface area contributed by atoms with E-state index in [0.29, 0.717) is 28.1 Å². The van der Waals surface area contributed by atoms with E-state index in [2.05, 4.69) is 20.9 Å². The van der Waals surface area contributed by atoms with E-state index in [-0.39, 0.29) is 41.3 Å². The fourth-order valence-electron chi connectivity index (χ4n) is 6.63. The van der Waals surface area contributed by atoms with Gasteiger partial charge < -0.3 is 40.4 Å². The van der Waals surface area contributed by atoms with Crippen molar-refractivity contribution >= 4 is 23.4 Å². The molecule has 4 aromatic rings. The van der Waals surface area contributed by atoms with Crippen molar-refractivity contribution < 1.29 is 37.5 Å². The summed E-state index contributed by atoms with van der Waals surface area (Å²) in [6.45, 7) is 9.03.